The van der Waals surface area contributed by atoms with E-state index in [1.165, 1.54) is 0 Å². The predicted octanol–water partition coefficient (Wildman–Crippen LogP) is 2.19. The molecule has 2 nitrogen and oxygen atoms in total. The first kappa shape index (κ1) is 8.93. The maximum atomic E-state index is 12.5. The van der Waals surface area contributed by atoms with E-state index in [1.54, 1.807) is 0 Å². The highest BCUT2D eigenvalue weighted by Crippen LogP contribution is 2.22. The summed E-state index contributed by atoms with van der Waals surface area (Å²) in [6.07, 6.45) is 0.350. The second-order valence-corrected chi connectivity index (χ2v) is 2.42. The summed E-state index contributed by atoms with van der Waals surface area (Å²) in [5.74, 6) is -2.21. The Hall–Kier alpha value is -1.16. The molecule has 0 radical (unpaired) electrons. The summed E-state index contributed by atoms with van der Waals surface area (Å²) in [4.78, 5) is 9.91. The number of rotatable bonds is 2. The Morgan fingerprint density at radius 3 is 2.58 bits per heavy atom. The number of halogens is 3. The number of benzene rings is 1. The number of nitrogens with one attached hydrogen (secondary N) is 1. The number of hydrogen-bond donors (Lipinski definition) is 1. The van der Waals surface area contributed by atoms with E-state index in [0.717, 1.165) is 12.1 Å². The fourth-order valence-electron chi connectivity index (χ4n) is 0.707. The van der Waals surface area contributed by atoms with Crippen molar-refractivity contribution in [2.45, 2.75) is 0 Å². The number of carbonyl (C=O) groups is 1. The topological polar surface area (TPSA) is 29.1 Å². The monoisotopic (exact) mass is 191 g/mol. The van der Waals surface area contributed by atoms with Crippen molar-refractivity contribution in [3.05, 3.63) is 28.8 Å². The summed E-state index contributed by atoms with van der Waals surface area (Å²) in [6, 6.07) is 1.96. The SMILES string of the molecule is O=CNc1cc(F)c(F)c(Cl)c1. The first-order chi connectivity index (χ1) is 5.65. The van der Waals surface area contributed by atoms with E-state index in [0.29, 0.717) is 6.41 Å². The van der Waals surface area contributed by atoms with Crippen LogP contribution in [0.1, 0.15) is 0 Å². The van der Waals surface area contributed by atoms with Gasteiger partial charge in [0.05, 0.1) is 5.02 Å². The van der Waals surface area contributed by atoms with Gasteiger partial charge in [-0.15, -0.1) is 0 Å². The van der Waals surface area contributed by atoms with Crippen molar-refractivity contribution >= 4 is 23.7 Å². The second-order valence-electron chi connectivity index (χ2n) is 2.02. The highest BCUT2D eigenvalue weighted by Gasteiger charge is 2.07. The van der Waals surface area contributed by atoms with Gasteiger partial charge >= 0.3 is 0 Å². The van der Waals surface area contributed by atoms with Gasteiger partial charge in [0.2, 0.25) is 6.41 Å². The molecule has 0 heterocycles. The Morgan fingerprint density at radius 1 is 1.42 bits per heavy atom. The van der Waals surface area contributed by atoms with Gasteiger partial charge in [0.15, 0.2) is 11.6 Å². The Kier molecular flexibility index (Phi) is 2.60. The largest absolute Gasteiger partial charge is 0.329 e. The van der Waals surface area contributed by atoms with Crippen molar-refractivity contribution in [1.29, 1.82) is 0 Å². The zero-order valence-electron chi connectivity index (χ0n) is 5.77. The van der Waals surface area contributed by atoms with E-state index in [2.05, 4.69) is 5.32 Å². The molecule has 1 N–H and O–H groups in total. The summed E-state index contributed by atoms with van der Waals surface area (Å²) in [7, 11) is 0. The third-order valence-corrected chi connectivity index (χ3v) is 1.48. The van der Waals surface area contributed by atoms with E-state index in [-0.39, 0.29) is 10.7 Å². The number of hydrogen-bond acceptors (Lipinski definition) is 1. The van der Waals surface area contributed by atoms with E-state index in [9.17, 15) is 13.6 Å². The molecule has 0 saturated carbocycles. The minimum absolute atomic E-state index is 0.119. The van der Waals surface area contributed by atoms with Gasteiger partial charge in [-0.25, -0.2) is 8.78 Å². The van der Waals surface area contributed by atoms with Crippen LogP contribution in [0.15, 0.2) is 12.1 Å². The standard InChI is InChI=1S/C7H4ClF2NO/c8-5-1-4(11-3-12)2-6(9)7(5)10/h1-3H,(H,11,12). The van der Waals surface area contributed by atoms with Gasteiger partial charge in [0.25, 0.3) is 0 Å². The van der Waals surface area contributed by atoms with Crippen LogP contribution >= 0.6 is 11.6 Å². The van der Waals surface area contributed by atoms with Crippen LogP contribution in [0.25, 0.3) is 0 Å². The summed E-state index contributed by atoms with van der Waals surface area (Å²) < 4.78 is 25.1. The van der Waals surface area contributed by atoms with Crippen LogP contribution in [0.5, 0.6) is 0 Å². The van der Waals surface area contributed by atoms with Crippen molar-refractivity contribution in [3.63, 3.8) is 0 Å². The van der Waals surface area contributed by atoms with E-state index in [1.807, 2.05) is 0 Å². The van der Waals surface area contributed by atoms with Crippen molar-refractivity contribution in [2.24, 2.45) is 0 Å². The highest BCUT2D eigenvalue weighted by atomic mass is 35.5. The zero-order chi connectivity index (χ0) is 9.14. The number of amides is 1. The van der Waals surface area contributed by atoms with Gasteiger partial charge in [-0.1, -0.05) is 11.6 Å². The van der Waals surface area contributed by atoms with Gasteiger partial charge in [0.1, 0.15) is 0 Å². The summed E-state index contributed by atoms with van der Waals surface area (Å²) in [5.41, 5.74) is 0.119. The Bertz CT molecular complexity index is 293. The molecule has 0 bridgehead atoms. The van der Waals surface area contributed by atoms with Gasteiger partial charge in [-0.05, 0) is 6.07 Å². The van der Waals surface area contributed by atoms with Crippen LogP contribution in [0.4, 0.5) is 14.5 Å². The minimum Gasteiger partial charge on any atom is -0.329 e. The normalized spacial score (nSPS) is 9.58. The van der Waals surface area contributed by atoms with Gasteiger partial charge < -0.3 is 5.32 Å². The predicted molar refractivity (Wildman–Crippen MR) is 41.1 cm³/mol. The Morgan fingerprint density at radius 2 is 2.08 bits per heavy atom. The van der Waals surface area contributed by atoms with Gasteiger partial charge in [0, 0.05) is 11.8 Å². The molecule has 0 spiro atoms. The molecule has 1 aromatic rings. The van der Waals surface area contributed by atoms with Crippen LogP contribution < -0.4 is 5.32 Å². The van der Waals surface area contributed by atoms with Crippen LogP contribution in [-0.2, 0) is 4.79 Å². The Labute approximate surface area is 72.1 Å². The minimum atomic E-state index is -1.12. The third kappa shape index (κ3) is 1.71. The van der Waals surface area contributed by atoms with Crippen LogP contribution in [0.3, 0.4) is 0 Å². The molecule has 0 unspecified atom stereocenters. The molecule has 12 heavy (non-hydrogen) atoms. The summed E-state index contributed by atoms with van der Waals surface area (Å²) >= 11 is 5.28. The molecule has 0 fully saturated rings. The molecule has 64 valence electrons. The molecule has 1 amide bonds. The lowest BCUT2D eigenvalue weighted by Crippen LogP contribution is -1.96. The molecule has 1 aromatic carbocycles. The molecule has 0 aliphatic rings. The molecule has 1 rings (SSSR count). The number of anilines is 1. The van der Waals surface area contributed by atoms with Crippen molar-refractivity contribution in [1.82, 2.24) is 0 Å². The van der Waals surface area contributed by atoms with Crippen molar-refractivity contribution in [3.8, 4) is 0 Å². The lowest BCUT2D eigenvalue weighted by molar-refractivity contribution is -0.105. The van der Waals surface area contributed by atoms with E-state index < -0.39 is 11.6 Å². The lowest BCUT2D eigenvalue weighted by atomic mass is 10.3. The molecular formula is C7H4ClF2NO. The molecule has 0 atom stereocenters. The summed E-state index contributed by atoms with van der Waals surface area (Å²) in [5, 5.41) is 1.78. The molecule has 0 saturated heterocycles. The third-order valence-electron chi connectivity index (χ3n) is 1.21. The summed E-state index contributed by atoms with van der Waals surface area (Å²) in [6.45, 7) is 0. The Balaban J connectivity index is 3.11. The van der Waals surface area contributed by atoms with Crippen molar-refractivity contribution in [2.75, 3.05) is 5.32 Å². The first-order valence-electron chi connectivity index (χ1n) is 3.00. The number of carbonyl (C=O) groups excluding carboxylic acids is 1. The smallest absolute Gasteiger partial charge is 0.211 e. The maximum Gasteiger partial charge on any atom is 0.211 e. The lowest BCUT2D eigenvalue weighted by Gasteiger charge is -2.00. The molecule has 0 aliphatic heterocycles. The van der Waals surface area contributed by atoms with Crippen LogP contribution in [-0.4, -0.2) is 6.41 Å². The van der Waals surface area contributed by atoms with E-state index in [4.69, 9.17) is 11.6 Å². The average molecular weight is 192 g/mol. The average Bonchev–Trinajstić information content (AvgIpc) is 2.01. The fraction of sp³-hybridized carbons (Fsp3) is 0. The van der Waals surface area contributed by atoms with E-state index >= 15 is 0 Å². The zero-order valence-corrected chi connectivity index (χ0v) is 6.53. The second kappa shape index (κ2) is 3.49. The van der Waals surface area contributed by atoms with Crippen molar-refractivity contribution < 1.29 is 13.6 Å². The highest BCUT2D eigenvalue weighted by molar-refractivity contribution is 6.31. The fourth-order valence-corrected chi connectivity index (χ4v) is 0.915. The maximum absolute atomic E-state index is 12.5. The quantitative estimate of drug-likeness (QED) is 0.564. The molecule has 0 aromatic heterocycles. The molecular weight excluding hydrogens is 188 g/mol. The van der Waals surface area contributed by atoms with Crippen LogP contribution in [0.2, 0.25) is 5.02 Å². The van der Waals surface area contributed by atoms with Gasteiger partial charge in [-0.3, -0.25) is 4.79 Å². The molecule has 0 aliphatic carbocycles. The van der Waals surface area contributed by atoms with Crippen LogP contribution in [0, 0.1) is 11.6 Å². The van der Waals surface area contributed by atoms with Gasteiger partial charge in [-0.2, -0.15) is 0 Å². The molecule has 5 heteroatoms. The first-order valence-corrected chi connectivity index (χ1v) is 3.37.